The van der Waals surface area contributed by atoms with Gasteiger partial charge in [0.1, 0.15) is 11.5 Å². The van der Waals surface area contributed by atoms with Crippen LogP contribution in [-0.4, -0.2) is 19.1 Å². The van der Waals surface area contributed by atoms with Crippen molar-refractivity contribution in [1.29, 1.82) is 0 Å². The molecule has 4 nitrogen and oxygen atoms in total. The zero-order chi connectivity index (χ0) is 19.2. The van der Waals surface area contributed by atoms with Crippen LogP contribution in [0.15, 0.2) is 42.5 Å². The second-order valence-electron chi connectivity index (χ2n) is 7.14. The van der Waals surface area contributed by atoms with Crippen molar-refractivity contribution in [3.8, 4) is 11.5 Å². The summed E-state index contributed by atoms with van der Waals surface area (Å²) in [5, 5.41) is 3.14. The van der Waals surface area contributed by atoms with Gasteiger partial charge in [-0.1, -0.05) is 25.1 Å². The molecular formula is C23H29NO3. The molecule has 0 radical (unpaired) electrons. The van der Waals surface area contributed by atoms with Crippen molar-refractivity contribution in [3.05, 3.63) is 59.2 Å². The van der Waals surface area contributed by atoms with Crippen LogP contribution >= 0.6 is 0 Å². The summed E-state index contributed by atoms with van der Waals surface area (Å²) in [5.74, 6) is 1.31. The first-order valence-electron chi connectivity index (χ1n) is 9.83. The average Bonchev–Trinajstić information content (AvgIpc) is 2.72. The van der Waals surface area contributed by atoms with E-state index in [1.807, 2.05) is 24.3 Å². The van der Waals surface area contributed by atoms with Gasteiger partial charge in [0.15, 0.2) is 6.10 Å². The van der Waals surface area contributed by atoms with Gasteiger partial charge >= 0.3 is 0 Å². The number of carbonyl (C=O) groups is 1. The van der Waals surface area contributed by atoms with Gasteiger partial charge in [-0.15, -0.1) is 0 Å². The molecule has 1 amide bonds. The molecule has 3 rings (SSSR count). The third-order valence-corrected chi connectivity index (χ3v) is 5.24. The van der Waals surface area contributed by atoms with Gasteiger partial charge in [0.2, 0.25) is 0 Å². The highest BCUT2D eigenvalue weighted by atomic mass is 16.5. The predicted molar refractivity (Wildman–Crippen MR) is 107 cm³/mol. The number of rotatable bonds is 7. The molecule has 0 fully saturated rings. The molecule has 0 aromatic heterocycles. The summed E-state index contributed by atoms with van der Waals surface area (Å²) in [6.07, 6.45) is 5.13. The Morgan fingerprint density at radius 2 is 1.70 bits per heavy atom. The molecule has 144 valence electrons. The minimum Gasteiger partial charge on any atom is -0.497 e. The van der Waals surface area contributed by atoms with E-state index in [1.54, 1.807) is 14.0 Å². The first kappa shape index (κ1) is 19.3. The fourth-order valence-corrected chi connectivity index (χ4v) is 3.59. The highest BCUT2D eigenvalue weighted by molar-refractivity contribution is 5.81. The van der Waals surface area contributed by atoms with Crippen molar-refractivity contribution in [2.45, 2.75) is 58.1 Å². The Bertz CT molecular complexity index is 770. The zero-order valence-corrected chi connectivity index (χ0v) is 16.5. The lowest BCUT2D eigenvalue weighted by atomic mass is 9.89. The van der Waals surface area contributed by atoms with Gasteiger partial charge in [0.05, 0.1) is 13.2 Å². The van der Waals surface area contributed by atoms with Crippen molar-refractivity contribution in [2.24, 2.45) is 0 Å². The Kier molecular flexibility index (Phi) is 6.38. The predicted octanol–water partition coefficient (Wildman–Crippen LogP) is 4.61. The van der Waals surface area contributed by atoms with Gasteiger partial charge < -0.3 is 14.8 Å². The van der Waals surface area contributed by atoms with Crippen molar-refractivity contribution < 1.29 is 14.3 Å². The largest absolute Gasteiger partial charge is 0.497 e. The van der Waals surface area contributed by atoms with Crippen LogP contribution in [0.2, 0.25) is 0 Å². The lowest BCUT2D eigenvalue weighted by Crippen LogP contribution is -2.38. The number of carbonyl (C=O) groups excluding carboxylic acids is 1. The molecule has 1 aliphatic carbocycles. The van der Waals surface area contributed by atoms with Gasteiger partial charge in [0, 0.05) is 0 Å². The van der Waals surface area contributed by atoms with E-state index in [0.717, 1.165) is 18.6 Å². The Morgan fingerprint density at radius 3 is 2.37 bits per heavy atom. The Balaban J connectivity index is 1.63. The van der Waals surface area contributed by atoms with Crippen molar-refractivity contribution in [3.63, 3.8) is 0 Å². The van der Waals surface area contributed by atoms with Gasteiger partial charge in [0.25, 0.3) is 5.91 Å². The molecule has 4 heteroatoms. The van der Waals surface area contributed by atoms with E-state index < -0.39 is 6.10 Å². The highest BCUT2D eigenvalue weighted by Crippen LogP contribution is 2.26. The normalized spacial score (nSPS) is 15.4. The quantitative estimate of drug-likeness (QED) is 0.777. The van der Waals surface area contributed by atoms with Crippen molar-refractivity contribution in [1.82, 2.24) is 5.32 Å². The number of hydrogen-bond acceptors (Lipinski definition) is 3. The number of benzene rings is 2. The maximum Gasteiger partial charge on any atom is 0.261 e. The van der Waals surface area contributed by atoms with E-state index in [0.29, 0.717) is 5.75 Å². The molecule has 2 aromatic carbocycles. The second-order valence-corrected chi connectivity index (χ2v) is 7.14. The molecule has 1 aliphatic rings. The van der Waals surface area contributed by atoms with Crippen molar-refractivity contribution in [2.75, 3.05) is 7.11 Å². The third kappa shape index (κ3) is 4.82. The molecule has 2 aromatic rings. The van der Waals surface area contributed by atoms with Crippen LogP contribution in [0.4, 0.5) is 0 Å². The molecule has 27 heavy (non-hydrogen) atoms. The van der Waals surface area contributed by atoms with E-state index in [9.17, 15) is 4.79 Å². The summed E-state index contributed by atoms with van der Waals surface area (Å²) in [6, 6.07) is 13.9. The topological polar surface area (TPSA) is 47.6 Å². The Labute approximate surface area is 161 Å². The van der Waals surface area contributed by atoms with Gasteiger partial charge in [-0.2, -0.15) is 0 Å². The molecule has 0 bridgehead atoms. The maximum atomic E-state index is 12.6. The molecule has 0 spiro atoms. The highest BCUT2D eigenvalue weighted by Gasteiger charge is 2.20. The van der Waals surface area contributed by atoms with Crippen LogP contribution in [0.5, 0.6) is 11.5 Å². The molecule has 0 aliphatic heterocycles. The van der Waals surface area contributed by atoms with Crippen LogP contribution < -0.4 is 14.8 Å². The Hall–Kier alpha value is -2.49. The maximum absolute atomic E-state index is 12.6. The minimum atomic E-state index is -0.565. The van der Waals surface area contributed by atoms with Crippen molar-refractivity contribution >= 4 is 5.91 Å². The van der Waals surface area contributed by atoms with E-state index in [1.165, 1.54) is 36.0 Å². The van der Waals surface area contributed by atoms with Crippen LogP contribution in [0.25, 0.3) is 0 Å². The molecule has 0 saturated carbocycles. The summed E-state index contributed by atoms with van der Waals surface area (Å²) in [6.45, 7) is 3.87. The first-order valence-corrected chi connectivity index (χ1v) is 9.83. The summed E-state index contributed by atoms with van der Waals surface area (Å²) in [4.78, 5) is 12.6. The van der Waals surface area contributed by atoms with E-state index in [2.05, 4.69) is 30.4 Å². The molecular weight excluding hydrogens is 338 g/mol. The summed E-state index contributed by atoms with van der Waals surface area (Å²) >= 11 is 0. The molecule has 0 heterocycles. The number of hydrogen-bond donors (Lipinski definition) is 1. The lowest BCUT2D eigenvalue weighted by Gasteiger charge is -2.23. The fraction of sp³-hybridized carbons (Fsp3) is 0.435. The third-order valence-electron chi connectivity index (χ3n) is 5.24. The number of fused-ring (bicyclic) bond motifs is 1. The summed E-state index contributed by atoms with van der Waals surface area (Å²) in [7, 11) is 1.62. The first-order chi connectivity index (χ1) is 13.1. The number of amides is 1. The van der Waals surface area contributed by atoms with E-state index in [4.69, 9.17) is 9.47 Å². The standard InChI is InChI=1S/C23H29NO3/c1-4-22(19-10-9-17-7-5-6-8-18(17)15-19)24-23(25)16(2)27-21-13-11-20(26-3)12-14-21/h9-16,22H,4-8H2,1-3H3,(H,24,25)/t16-,22-/m0/s1. The van der Waals surface area contributed by atoms with Crippen LogP contribution in [0.3, 0.4) is 0 Å². The monoisotopic (exact) mass is 367 g/mol. The molecule has 0 unspecified atom stereocenters. The van der Waals surface area contributed by atoms with E-state index in [-0.39, 0.29) is 11.9 Å². The van der Waals surface area contributed by atoms with E-state index >= 15 is 0 Å². The second kappa shape index (κ2) is 8.94. The minimum absolute atomic E-state index is 0.00615. The fourth-order valence-electron chi connectivity index (χ4n) is 3.59. The number of nitrogens with one attached hydrogen (secondary N) is 1. The smallest absolute Gasteiger partial charge is 0.261 e. The average molecular weight is 367 g/mol. The van der Waals surface area contributed by atoms with Crippen LogP contribution in [-0.2, 0) is 17.6 Å². The Morgan fingerprint density at radius 1 is 1.04 bits per heavy atom. The number of methoxy groups -OCH3 is 1. The van der Waals surface area contributed by atoms with Gasteiger partial charge in [-0.05, 0) is 80.0 Å². The van der Waals surface area contributed by atoms with Gasteiger partial charge in [-0.25, -0.2) is 0 Å². The molecule has 0 saturated heterocycles. The lowest BCUT2D eigenvalue weighted by molar-refractivity contribution is -0.128. The van der Waals surface area contributed by atoms with Gasteiger partial charge in [-0.3, -0.25) is 4.79 Å². The summed E-state index contributed by atoms with van der Waals surface area (Å²) in [5.41, 5.74) is 4.08. The SMILES string of the molecule is CC[C@H](NC(=O)[C@H](C)Oc1ccc(OC)cc1)c1ccc2c(c1)CCCC2. The molecule has 1 N–H and O–H groups in total. The zero-order valence-electron chi connectivity index (χ0n) is 16.5. The van der Waals surface area contributed by atoms with Crippen LogP contribution in [0, 0.1) is 0 Å². The molecule has 2 atom stereocenters. The number of aryl methyl sites for hydroxylation is 2. The number of ether oxygens (including phenoxy) is 2. The summed E-state index contributed by atoms with van der Waals surface area (Å²) < 4.78 is 10.9. The van der Waals surface area contributed by atoms with Crippen LogP contribution in [0.1, 0.15) is 55.8 Å².